The maximum atomic E-state index is 12.9. The zero-order chi connectivity index (χ0) is 21.1. The topological polar surface area (TPSA) is 111 Å². The highest BCUT2D eigenvalue weighted by Gasteiger charge is 2.28. The number of nitrogens with two attached hydrogens (primary N) is 1. The molecule has 0 radical (unpaired) electrons. The molecule has 1 aromatic heterocycles. The van der Waals surface area contributed by atoms with E-state index < -0.39 is 24.5 Å². The minimum Gasteiger partial charge on any atom is -0.452 e. The van der Waals surface area contributed by atoms with Crippen molar-refractivity contribution in [1.29, 1.82) is 0 Å². The Labute approximate surface area is 172 Å². The number of allylic oxidation sites excluding steroid dienone is 1. The Morgan fingerprint density at radius 2 is 1.77 bits per heavy atom. The van der Waals surface area contributed by atoms with Gasteiger partial charge >= 0.3 is 12.0 Å². The SMILES string of the molecule is NC(=O)NC(=O)COC(=O)c1c2c(nc3ccccc13)C(=Cc1ccccc1)CC2. The van der Waals surface area contributed by atoms with E-state index in [4.69, 9.17) is 15.5 Å². The van der Waals surface area contributed by atoms with E-state index >= 15 is 0 Å². The van der Waals surface area contributed by atoms with Crippen molar-refractivity contribution in [3.8, 4) is 0 Å². The van der Waals surface area contributed by atoms with Crippen molar-refractivity contribution in [3.63, 3.8) is 0 Å². The van der Waals surface area contributed by atoms with E-state index in [1.54, 1.807) is 0 Å². The fraction of sp³-hybridized carbons (Fsp3) is 0.130. The molecule has 7 nitrogen and oxygen atoms in total. The number of rotatable bonds is 4. The van der Waals surface area contributed by atoms with Gasteiger partial charge in [0, 0.05) is 5.39 Å². The van der Waals surface area contributed by atoms with E-state index in [1.165, 1.54) is 0 Å². The van der Waals surface area contributed by atoms with Crippen LogP contribution in [0, 0.1) is 0 Å². The molecule has 3 aromatic rings. The zero-order valence-corrected chi connectivity index (χ0v) is 16.1. The molecular formula is C23H19N3O4. The fourth-order valence-electron chi connectivity index (χ4n) is 3.64. The molecule has 7 heteroatoms. The zero-order valence-electron chi connectivity index (χ0n) is 16.1. The Morgan fingerprint density at radius 3 is 2.53 bits per heavy atom. The highest BCUT2D eigenvalue weighted by Crippen LogP contribution is 2.37. The quantitative estimate of drug-likeness (QED) is 0.653. The first-order chi connectivity index (χ1) is 14.5. The van der Waals surface area contributed by atoms with Gasteiger partial charge in [0.2, 0.25) is 0 Å². The number of nitrogens with zero attached hydrogens (tertiary/aromatic N) is 1. The van der Waals surface area contributed by atoms with Crippen LogP contribution in [-0.2, 0) is 16.0 Å². The van der Waals surface area contributed by atoms with Gasteiger partial charge in [-0.05, 0) is 41.7 Å². The molecule has 0 bridgehead atoms. The first-order valence-corrected chi connectivity index (χ1v) is 9.47. The number of carbonyl (C=O) groups excluding carboxylic acids is 3. The molecule has 4 rings (SSSR count). The number of esters is 1. The van der Waals surface area contributed by atoms with E-state index in [0.717, 1.165) is 28.8 Å². The maximum Gasteiger partial charge on any atom is 0.339 e. The van der Waals surface area contributed by atoms with Crippen LogP contribution in [0.3, 0.4) is 0 Å². The van der Waals surface area contributed by atoms with Crippen molar-refractivity contribution in [2.45, 2.75) is 12.8 Å². The number of aromatic nitrogens is 1. The molecule has 30 heavy (non-hydrogen) atoms. The summed E-state index contributed by atoms with van der Waals surface area (Å²) < 4.78 is 5.17. The Morgan fingerprint density at radius 1 is 1.03 bits per heavy atom. The Hall–Kier alpha value is -4.00. The molecule has 0 saturated heterocycles. The summed E-state index contributed by atoms with van der Waals surface area (Å²) in [4.78, 5) is 40.1. The first kappa shape index (κ1) is 19.3. The van der Waals surface area contributed by atoms with Crippen LogP contribution in [-0.4, -0.2) is 29.5 Å². The summed E-state index contributed by atoms with van der Waals surface area (Å²) in [6, 6.07) is 16.2. The predicted molar refractivity (Wildman–Crippen MR) is 112 cm³/mol. The molecule has 1 aliphatic carbocycles. The normalized spacial score (nSPS) is 13.8. The standard InChI is InChI=1S/C23H19N3O4/c24-23(29)26-19(27)13-30-22(28)20-16-8-4-5-9-18(16)25-21-15(10-11-17(20)21)12-14-6-2-1-3-7-14/h1-9,12H,10-11,13H2,(H3,24,26,27,29). The molecule has 0 unspecified atom stereocenters. The Kier molecular flexibility index (Phi) is 5.26. The van der Waals surface area contributed by atoms with Crippen LogP contribution in [0.25, 0.3) is 22.6 Å². The summed E-state index contributed by atoms with van der Waals surface area (Å²) in [5, 5.41) is 2.54. The molecule has 0 aliphatic heterocycles. The molecular weight excluding hydrogens is 382 g/mol. The van der Waals surface area contributed by atoms with Crippen LogP contribution in [0.4, 0.5) is 4.79 Å². The number of hydrogen-bond donors (Lipinski definition) is 2. The van der Waals surface area contributed by atoms with E-state index in [1.807, 2.05) is 59.9 Å². The van der Waals surface area contributed by atoms with Gasteiger partial charge in [-0.3, -0.25) is 10.1 Å². The largest absolute Gasteiger partial charge is 0.452 e. The molecule has 0 saturated carbocycles. The number of imide groups is 1. The highest BCUT2D eigenvalue weighted by molar-refractivity contribution is 6.07. The van der Waals surface area contributed by atoms with Gasteiger partial charge in [-0.25, -0.2) is 14.6 Å². The summed E-state index contributed by atoms with van der Waals surface area (Å²) in [6.45, 7) is -0.597. The average Bonchev–Trinajstić information content (AvgIpc) is 3.12. The third kappa shape index (κ3) is 3.91. The van der Waals surface area contributed by atoms with Crippen molar-refractivity contribution >= 4 is 40.5 Å². The van der Waals surface area contributed by atoms with E-state index in [-0.39, 0.29) is 0 Å². The molecule has 3 N–H and O–H groups in total. The lowest BCUT2D eigenvalue weighted by atomic mass is 10.0. The van der Waals surface area contributed by atoms with Crippen molar-refractivity contribution in [1.82, 2.24) is 10.3 Å². The van der Waals surface area contributed by atoms with E-state index in [9.17, 15) is 14.4 Å². The third-order valence-corrected chi connectivity index (χ3v) is 4.88. The van der Waals surface area contributed by atoms with Gasteiger partial charge < -0.3 is 10.5 Å². The number of urea groups is 1. The van der Waals surface area contributed by atoms with Crippen LogP contribution >= 0.6 is 0 Å². The van der Waals surface area contributed by atoms with Crippen molar-refractivity contribution in [2.24, 2.45) is 5.73 Å². The second-order valence-electron chi connectivity index (χ2n) is 6.90. The lowest BCUT2D eigenvalue weighted by Gasteiger charge is -2.12. The van der Waals surface area contributed by atoms with Crippen LogP contribution in [0.1, 0.15) is 33.6 Å². The summed E-state index contributed by atoms with van der Waals surface area (Å²) in [5.74, 6) is -1.42. The van der Waals surface area contributed by atoms with Gasteiger partial charge in [0.25, 0.3) is 5.91 Å². The minimum absolute atomic E-state index is 0.402. The smallest absolute Gasteiger partial charge is 0.339 e. The van der Waals surface area contributed by atoms with Crippen LogP contribution < -0.4 is 11.1 Å². The number of amides is 3. The lowest BCUT2D eigenvalue weighted by Crippen LogP contribution is -2.37. The molecule has 0 spiro atoms. The van der Waals surface area contributed by atoms with Crippen molar-refractivity contribution < 1.29 is 19.1 Å². The van der Waals surface area contributed by atoms with Crippen LogP contribution in [0.2, 0.25) is 0 Å². The summed E-state index contributed by atoms with van der Waals surface area (Å²) in [7, 11) is 0. The van der Waals surface area contributed by atoms with Gasteiger partial charge in [0.15, 0.2) is 6.61 Å². The number of pyridine rings is 1. The van der Waals surface area contributed by atoms with Crippen molar-refractivity contribution in [2.75, 3.05) is 6.61 Å². The second-order valence-corrected chi connectivity index (χ2v) is 6.90. The lowest BCUT2D eigenvalue weighted by molar-refractivity contribution is -0.123. The molecule has 1 aliphatic rings. The maximum absolute atomic E-state index is 12.9. The number of nitrogens with one attached hydrogen (secondary N) is 1. The van der Waals surface area contributed by atoms with Crippen LogP contribution in [0.15, 0.2) is 54.6 Å². The summed E-state index contributed by atoms with van der Waals surface area (Å²) in [6.07, 6.45) is 3.46. The van der Waals surface area contributed by atoms with Gasteiger partial charge in [0.05, 0.1) is 16.8 Å². The molecule has 1 heterocycles. The number of benzene rings is 2. The monoisotopic (exact) mass is 401 g/mol. The van der Waals surface area contributed by atoms with Gasteiger partial charge in [-0.2, -0.15) is 0 Å². The second kappa shape index (κ2) is 8.16. The first-order valence-electron chi connectivity index (χ1n) is 9.47. The van der Waals surface area contributed by atoms with Gasteiger partial charge in [-0.15, -0.1) is 0 Å². The molecule has 0 atom stereocenters. The van der Waals surface area contributed by atoms with Crippen molar-refractivity contribution in [3.05, 3.63) is 77.0 Å². The number of carbonyl (C=O) groups is 3. The molecule has 150 valence electrons. The van der Waals surface area contributed by atoms with E-state index in [2.05, 4.69) is 6.08 Å². The Bertz CT molecular complexity index is 1190. The number of para-hydroxylation sites is 1. The van der Waals surface area contributed by atoms with Gasteiger partial charge in [-0.1, -0.05) is 48.5 Å². The van der Waals surface area contributed by atoms with Crippen LogP contribution in [0.5, 0.6) is 0 Å². The summed E-state index contributed by atoms with van der Waals surface area (Å²) >= 11 is 0. The summed E-state index contributed by atoms with van der Waals surface area (Å²) in [5.41, 5.74) is 9.66. The Balaban J connectivity index is 1.73. The molecule has 3 amide bonds. The molecule has 0 fully saturated rings. The predicted octanol–water partition coefficient (Wildman–Crippen LogP) is 3.07. The number of fused-ring (bicyclic) bond motifs is 2. The number of primary amides is 1. The number of ether oxygens (including phenoxy) is 1. The minimum atomic E-state index is -0.998. The highest BCUT2D eigenvalue weighted by atomic mass is 16.5. The van der Waals surface area contributed by atoms with E-state index in [0.29, 0.717) is 22.9 Å². The molecule has 2 aromatic carbocycles. The van der Waals surface area contributed by atoms with Gasteiger partial charge in [0.1, 0.15) is 0 Å². The average molecular weight is 401 g/mol. The number of hydrogen-bond acceptors (Lipinski definition) is 5. The third-order valence-electron chi connectivity index (χ3n) is 4.88. The fourth-order valence-corrected chi connectivity index (χ4v) is 3.64.